The third-order valence-corrected chi connectivity index (χ3v) is 3.58. The predicted molar refractivity (Wildman–Crippen MR) is 85.8 cm³/mol. The zero-order valence-electron chi connectivity index (χ0n) is 12.9. The molecule has 0 spiro atoms. The molecule has 4 nitrogen and oxygen atoms in total. The molecule has 2 rings (SSSR count). The van der Waals surface area contributed by atoms with Crippen LogP contribution >= 0.6 is 0 Å². The fourth-order valence-corrected chi connectivity index (χ4v) is 2.39. The lowest BCUT2D eigenvalue weighted by Crippen LogP contribution is -2.08. The van der Waals surface area contributed by atoms with Crippen molar-refractivity contribution in [2.75, 3.05) is 5.73 Å². The number of nitriles is 1. The highest BCUT2D eigenvalue weighted by molar-refractivity contribution is 5.71. The van der Waals surface area contributed by atoms with Crippen LogP contribution in [0.3, 0.4) is 0 Å². The van der Waals surface area contributed by atoms with Crippen molar-refractivity contribution in [2.45, 2.75) is 46.1 Å². The van der Waals surface area contributed by atoms with E-state index >= 15 is 0 Å². The van der Waals surface area contributed by atoms with Gasteiger partial charge in [-0.2, -0.15) is 5.26 Å². The third-order valence-electron chi connectivity index (χ3n) is 3.58. The second kappa shape index (κ2) is 6.45. The minimum absolute atomic E-state index is 0.330. The van der Waals surface area contributed by atoms with Gasteiger partial charge in [-0.05, 0) is 18.6 Å². The predicted octanol–water partition coefficient (Wildman–Crippen LogP) is 3.93. The van der Waals surface area contributed by atoms with Crippen molar-refractivity contribution >= 4 is 5.82 Å². The Morgan fingerprint density at radius 3 is 2.48 bits per heavy atom. The van der Waals surface area contributed by atoms with Crippen LogP contribution in [0.2, 0.25) is 0 Å². The molecule has 0 saturated carbocycles. The molecule has 2 N–H and O–H groups in total. The largest absolute Gasteiger partial charge is 0.383 e. The number of nitrogen functional groups attached to an aromatic ring is 1. The second-order valence-corrected chi connectivity index (χ2v) is 5.55. The fraction of sp³-hybridized carbons (Fsp3) is 0.412. The number of rotatable bonds is 5. The standard InChI is InChI=1S/C17H22N4/c1-4-5-10-21-16(19)15(20-17(21)12(2)3)14-8-6-13(11-18)7-9-14/h6-9,12H,4-5,10,19H2,1-3H3. The third kappa shape index (κ3) is 3.08. The number of aromatic nitrogens is 2. The lowest BCUT2D eigenvalue weighted by Gasteiger charge is -2.11. The summed E-state index contributed by atoms with van der Waals surface area (Å²) in [5.74, 6) is 2.08. The number of benzene rings is 1. The van der Waals surface area contributed by atoms with E-state index in [1.807, 2.05) is 12.1 Å². The summed E-state index contributed by atoms with van der Waals surface area (Å²) in [6, 6.07) is 9.54. The zero-order valence-corrected chi connectivity index (χ0v) is 12.9. The summed E-state index contributed by atoms with van der Waals surface area (Å²) in [5.41, 5.74) is 8.75. The second-order valence-electron chi connectivity index (χ2n) is 5.55. The molecule has 0 unspecified atom stereocenters. The summed E-state index contributed by atoms with van der Waals surface area (Å²) in [4.78, 5) is 4.74. The first-order chi connectivity index (χ1) is 10.1. The molecule has 0 fully saturated rings. The van der Waals surface area contributed by atoms with Crippen LogP contribution in [0, 0.1) is 11.3 Å². The van der Waals surface area contributed by atoms with E-state index in [1.54, 1.807) is 12.1 Å². The van der Waals surface area contributed by atoms with Gasteiger partial charge in [0, 0.05) is 18.0 Å². The Kier molecular flexibility index (Phi) is 4.64. The van der Waals surface area contributed by atoms with Gasteiger partial charge in [0.15, 0.2) is 0 Å². The van der Waals surface area contributed by atoms with E-state index in [4.69, 9.17) is 16.0 Å². The lowest BCUT2D eigenvalue weighted by atomic mass is 10.1. The minimum atomic E-state index is 0.330. The van der Waals surface area contributed by atoms with Gasteiger partial charge in [0.1, 0.15) is 17.3 Å². The number of hydrogen-bond donors (Lipinski definition) is 1. The maximum absolute atomic E-state index is 8.88. The molecule has 0 aliphatic carbocycles. The monoisotopic (exact) mass is 282 g/mol. The molecule has 0 atom stereocenters. The molecule has 110 valence electrons. The van der Waals surface area contributed by atoms with Crippen LogP contribution in [0.1, 0.15) is 50.9 Å². The highest BCUT2D eigenvalue weighted by atomic mass is 15.1. The van der Waals surface area contributed by atoms with Gasteiger partial charge in [-0.15, -0.1) is 0 Å². The average molecular weight is 282 g/mol. The van der Waals surface area contributed by atoms with Crippen molar-refractivity contribution in [3.05, 3.63) is 35.7 Å². The van der Waals surface area contributed by atoms with E-state index < -0.39 is 0 Å². The zero-order chi connectivity index (χ0) is 15.4. The van der Waals surface area contributed by atoms with Gasteiger partial charge in [0.25, 0.3) is 0 Å². The molecule has 0 aliphatic heterocycles. The Bertz CT molecular complexity index is 645. The Hall–Kier alpha value is -2.28. The van der Waals surface area contributed by atoms with Crippen molar-refractivity contribution in [2.24, 2.45) is 0 Å². The molecule has 0 radical (unpaired) electrons. The summed E-state index contributed by atoms with van der Waals surface area (Å²) in [6.07, 6.45) is 2.22. The van der Waals surface area contributed by atoms with E-state index in [2.05, 4.69) is 31.4 Å². The lowest BCUT2D eigenvalue weighted by molar-refractivity contribution is 0.588. The Labute approximate surface area is 126 Å². The number of imidazole rings is 1. The first-order valence-electron chi connectivity index (χ1n) is 7.44. The van der Waals surface area contributed by atoms with Crippen LogP contribution in [-0.2, 0) is 6.54 Å². The summed E-state index contributed by atoms with van der Waals surface area (Å²) >= 11 is 0. The number of nitrogens with two attached hydrogens (primary N) is 1. The molecule has 2 aromatic rings. The summed E-state index contributed by atoms with van der Waals surface area (Å²) in [7, 11) is 0. The first kappa shape index (κ1) is 15.1. The van der Waals surface area contributed by atoms with Gasteiger partial charge in [0.05, 0.1) is 11.6 Å². The van der Waals surface area contributed by atoms with Crippen molar-refractivity contribution in [1.29, 1.82) is 5.26 Å². The van der Waals surface area contributed by atoms with E-state index in [1.165, 1.54) is 0 Å². The molecule has 0 saturated heterocycles. The van der Waals surface area contributed by atoms with Gasteiger partial charge in [-0.25, -0.2) is 4.98 Å². The molecular formula is C17H22N4. The van der Waals surface area contributed by atoms with Crippen LogP contribution < -0.4 is 5.73 Å². The Morgan fingerprint density at radius 1 is 1.29 bits per heavy atom. The molecule has 0 bridgehead atoms. The number of unbranched alkanes of at least 4 members (excludes halogenated alkanes) is 1. The van der Waals surface area contributed by atoms with Gasteiger partial charge < -0.3 is 10.3 Å². The van der Waals surface area contributed by atoms with Crippen LogP contribution in [0.15, 0.2) is 24.3 Å². The van der Waals surface area contributed by atoms with Crippen molar-refractivity contribution in [3.63, 3.8) is 0 Å². The van der Waals surface area contributed by atoms with Gasteiger partial charge in [0.2, 0.25) is 0 Å². The number of hydrogen-bond acceptors (Lipinski definition) is 3. The van der Waals surface area contributed by atoms with Crippen molar-refractivity contribution in [1.82, 2.24) is 9.55 Å². The van der Waals surface area contributed by atoms with Gasteiger partial charge in [-0.3, -0.25) is 0 Å². The SMILES string of the molecule is CCCCn1c(C(C)C)nc(-c2ccc(C#N)cc2)c1N. The number of anilines is 1. The first-order valence-corrected chi connectivity index (χ1v) is 7.44. The molecular weight excluding hydrogens is 260 g/mol. The summed E-state index contributed by atoms with van der Waals surface area (Å²) < 4.78 is 2.13. The van der Waals surface area contributed by atoms with Crippen LogP contribution in [0.4, 0.5) is 5.82 Å². The molecule has 1 heterocycles. The smallest absolute Gasteiger partial charge is 0.131 e. The van der Waals surface area contributed by atoms with Crippen LogP contribution in [0.5, 0.6) is 0 Å². The maximum atomic E-state index is 8.88. The average Bonchev–Trinajstić information content (AvgIpc) is 2.82. The normalized spacial score (nSPS) is 10.8. The molecule has 4 heteroatoms. The van der Waals surface area contributed by atoms with E-state index in [0.29, 0.717) is 11.5 Å². The molecule has 0 amide bonds. The molecule has 1 aromatic carbocycles. The molecule has 21 heavy (non-hydrogen) atoms. The highest BCUT2D eigenvalue weighted by Crippen LogP contribution is 2.29. The van der Waals surface area contributed by atoms with E-state index in [-0.39, 0.29) is 0 Å². The highest BCUT2D eigenvalue weighted by Gasteiger charge is 2.17. The quantitative estimate of drug-likeness (QED) is 0.903. The maximum Gasteiger partial charge on any atom is 0.131 e. The van der Waals surface area contributed by atoms with Gasteiger partial charge in [-0.1, -0.05) is 39.3 Å². The Balaban J connectivity index is 2.46. The topological polar surface area (TPSA) is 67.6 Å². The molecule has 0 aliphatic rings. The van der Waals surface area contributed by atoms with E-state index in [9.17, 15) is 0 Å². The van der Waals surface area contributed by atoms with Crippen molar-refractivity contribution < 1.29 is 0 Å². The Morgan fingerprint density at radius 2 is 1.95 bits per heavy atom. The summed E-state index contributed by atoms with van der Waals surface area (Å²) in [6.45, 7) is 7.34. The van der Waals surface area contributed by atoms with Crippen molar-refractivity contribution in [3.8, 4) is 17.3 Å². The van der Waals surface area contributed by atoms with Crippen LogP contribution in [-0.4, -0.2) is 9.55 Å². The van der Waals surface area contributed by atoms with E-state index in [0.717, 1.165) is 42.3 Å². The number of nitrogens with zero attached hydrogens (tertiary/aromatic N) is 3. The summed E-state index contributed by atoms with van der Waals surface area (Å²) in [5, 5.41) is 8.88. The molecule has 1 aromatic heterocycles. The minimum Gasteiger partial charge on any atom is -0.383 e. The van der Waals surface area contributed by atoms with Gasteiger partial charge >= 0.3 is 0 Å². The van der Waals surface area contributed by atoms with Crippen LogP contribution in [0.25, 0.3) is 11.3 Å². The fourth-order valence-electron chi connectivity index (χ4n) is 2.39.